The van der Waals surface area contributed by atoms with Crippen LogP contribution in [-0.2, 0) is 14.8 Å². The molecule has 1 heterocycles. The van der Waals surface area contributed by atoms with E-state index < -0.39 is 15.6 Å². The summed E-state index contributed by atoms with van der Waals surface area (Å²) in [4.78, 5) is 13.8. The van der Waals surface area contributed by atoms with E-state index in [0.717, 1.165) is 12.8 Å². The van der Waals surface area contributed by atoms with Crippen molar-refractivity contribution in [1.29, 1.82) is 0 Å². The highest BCUT2D eigenvalue weighted by molar-refractivity contribution is 7.92. The van der Waals surface area contributed by atoms with Gasteiger partial charge in [-0.15, -0.1) is 0 Å². The molecular weight excluding hydrogens is 356 g/mol. The van der Waals surface area contributed by atoms with Crippen molar-refractivity contribution in [2.45, 2.75) is 52.2 Å². The van der Waals surface area contributed by atoms with Crippen LogP contribution in [0.4, 0.5) is 10.5 Å². The van der Waals surface area contributed by atoms with E-state index in [2.05, 4.69) is 4.72 Å². The Morgan fingerprint density at radius 1 is 1.19 bits per heavy atom. The molecule has 1 fully saturated rings. The van der Waals surface area contributed by atoms with Gasteiger partial charge in [-0.2, -0.15) is 0 Å². The molecule has 1 amide bonds. The molecule has 26 heavy (non-hydrogen) atoms. The van der Waals surface area contributed by atoms with Gasteiger partial charge in [0.2, 0.25) is 10.0 Å². The summed E-state index contributed by atoms with van der Waals surface area (Å²) in [5.74, 6) is 0.710. The molecule has 0 saturated carbocycles. The zero-order valence-corrected chi connectivity index (χ0v) is 16.6. The minimum absolute atomic E-state index is 0.0203. The Hall–Kier alpha value is -1.96. The largest absolute Gasteiger partial charge is 0.490 e. The lowest BCUT2D eigenvalue weighted by atomic mass is 10.1. The Bertz CT molecular complexity index is 702. The quantitative estimate of drug-likeness (QED) is 0.842. The standard InChI is InChI=1S/C18H28N2O5S/c1-5-26(22,23)19-14-6-8-15(9-7-14)24-16-10-12-20(13-11-16)17(21)25-18(2,3)4/h6-9,16,19H,5,10-13H2,1-4H3. The molecule has 0 bridgehead atoms. The van der Waals surface area contributed by atoms with E-state index in [9.17, 15) is 13.2 Å². The minimum Gasteiger partial charge on any atom is -0.490 e. The number of ether oxygens (including phenoxy) is 2. The van der Waals surface area contributed by atoms with Crippen LogP contribution in [0.3, 0.4) is 0 Å². The molecule has 0 spiro atoms. The number of rotatable bonds is 5. The van der Waals surface area contributed by atoms with Gasteiger partial charge in [0.15, 0.2) is 0 Å². The third kappa shape index (κ3) is 6.40. The van der Waals surface area contributed by atoms with Crippen molar-refractivity contribution in [3.63, 3.8) is 0 Å². The predicted molar refractivity (Wildman–Crippen MR) is 101 cm³/mol. The molecule has 2 rings (SSSR count). The third-order valence-corrected chi connectivity index (χ3v) is 5.21. The summed E-state index contributed by atoms with van der Waals surface area (Å²) < 4.78 is 36.9. The number of piperidine rings is 1. The predicted octanol–water partition coefficient (Wildman–Crippen LogP) is 3.23. The van der Waals surface area contributed by atoms with Crippen molar-refractivity contribution in [3.8, 4) is 5.75 Å². The number of benzene rings is 1. The normalized spacial score (nSPS) is 16.2. The number of hydrogen-bond donors (Lipinski definition) is 1. The Morgan fingerprint density at radius 3 is 2.27 bits per heavy atom. The van der Waals surface area contributed by atoms with Gasteiger partial charge in [0.05, 0.1) is 5.75 Å². The van der Waals surface area contributed by atoms with Gasteiger partial charge in [0.25, 0.3) is 0 Å². The molecule has 0 radical (unpaired) electrons. The van der Waals surface area contributed by atoms with Gasteiger partial charge < -0.3 is 14.4 Å². The molecule has 1 aliphatic heterocycles. The number of carbonyl (C=O) groups excluding carboxylic acids is 1. The van der Waals surface area contributed by atoms with Crippen molar-refractivity contribution >= 4 is 21.8 Å². The average Bonchev–Trinajstić information content (AvgIpc) is 2.55. The fourth-order valence-electron chi connectivity index (χ4n) is 2.53. The smallest absolute Gasteiger partial charge is 0.410 e. The monoisotopic (exact) mass is 384 g/mol. The summed E-state index contributed by atoms with van der Waals surface area (Å²) >= 11 is 0. The molecule has 146 valence electrons. The van der Waals surface area contributed by atoms with Crippen LogP contribution in [0.2, 0.25) is 0 Å². The first-order valence-electron chi connectivity index (χ1n) is 8.83. The van der Waals surface area contributed by atoms with E-state index in [0.29, 0.717) is 24.5 Å². The van der Waals surface area contributed by atoms with E-state index in [4.69, 9.17) is 9.47 Å². The van der Waals surface area contributed by atoms with Crippen LogP contribution in [0.1, 0.15) is 40.5 Å². The maximum atomic E-state index is 12.1. The zero-order chi connectivity index (χ0) is 19.4. The van der Waals surface area contributed by atoms with Gasteiger partial charge >= 0.3 is 6.09 Å². The van der Waals surface area contributed by atoms with E-state index >= 15 is 0 Å². The van der Waals surface area contributed by atoms with Crippen LogP contribution in [0.5, 0.6) is 5.75 Å². The second-order valence-electron chi connectivity index (χ2n) is 7.31. The second-order valence-corrected chi connectivity index (χ2v) is 9.33. The van der Waals surface area contributed by atoms with Gasteiger partial charge in [-0.1, -0.05) is 0 Å². The molecule has 1 aromatic rings. The molecule has 0 aromatic heterocycles. The van der Waals surface area contributed by atoms with Crippen molar-refractivity contribution in [3.05, 3.63) is 24.3 Å². The lowest BCUT2D eigenvalue weighted by Crippen LogP contribution is -2.44. The number of carbonyl (C=O) groups is 1. The molecular formula is C18H28N2O5S. The molecule has 1 aromatic carbocycles. The highest BCUT2D eigenvalue weighted by Crippen LogP contribution is 2.22. The van der Waals surface area contributed by atoms with Crippen molar-refractivity contribution < 1.29 is 22.7 Å². The number of anilines is 1. The summed E-state index contributed by atoms with van der Waals surface area (Å²) in [6.45, 7) is 8.33. The Morgan fingerprint density at radius 2 is 1.77 bits per heavy atom. The van der Waals surface area contributed by atoms with Crippen LogP contribution in [0, 0.1) is 0 Å². The van der Waals surface area contributed by atoms with E-state index in [1.54, 1.807) is 36.1 Å². The molecule has 1 saturated heterocycles. The van der Waals surface area contributed by atoms with Crippen molar-refractivity contribution in [2.24, 2.45) is 0 Å². The second kappa shape index (κ2) is 8.16. The zero-order valence-electron chi connectivity index (χ0n) is 15.8. The molecule has 1 aliphatic rings. The number of likely N-dealkylation sites (tertiary alicyclic amines) is 1. The Kier molecular flexibility index (Phi) is 6.39. The van der Waals surface area contributed by atoms with Gasteiger partial charge in [-0.05, 0) is 52.0 Å². The summed E-state index contributed by atoms with van der Waals surface area (Å²) in [6, 6.07) is 6.85. The number of hydrogen-bond acceptors (Lipinski definition) is 5. The van der Waals surface area contributed by atoms with Crippen LogP contribution in [-0.4, -0.2) is 50.0 Å². The summed E-state index contributed by atoms with van der Waals surface area (Å²) in [5.41, 5.74) is 0.0183. The topological polar surface area (TPSA) is 84.9 Å². The first-order valence-corrected chi connectivity index (χ1v) is 10.5. The highest BCUT2D eigenvalue weighted by Gasteiger charge is 2.27. The number of nitrogens with one attached hydrogen (secondary N) is 1. The summed E-state index contributed by atoms with van der Waals surface area (Å²) in [6.07, 6.45) is 1.18. The molecule has 7 nitrogen and oxygen atoms in total. The van der Waals surface area contributed by atoms with Crippen molar-refractivity contribution in [1.82, 2.24) is 4.90 Å². The van der Waals surface area contributed by atoms with Crippen LogP contribution in [0.25, 0.3) is 0 Å². The van der Waals surface area contributed by atoms with E-state index in [1.807, 2.05) is 20.8 Å². The summed E-state index contributed by atoms with van der Waals surface area (Å²) in [7, 11) is -3.28. The maximum Gasteiger partial charge on any atom is 0.410 e. The first kappa shape index (κ1) is 20.4. The molecule has 0 aliphatic carbocycles. The lowest BCUT2D eigenvalue weighted by molar-refractivity contribution is 0.0126. The molecule has 0 unspecified atom stereocenters. The third-order valence-electron chi connectivity index (χ3n) is 3.90. The number of sulfonamides is 1. The van der Waals surface area contributed by atoms with Crippen LogP contribution >= 0.6 is 0 Å². The molecule has 0 atom stereocenters. The fourth-order valence-corrected chi connectivity index (χ4v) is 3.17. The Labute approximate surface area is 155 Å². The molecule has 8 heteroatoms. The van der Waals surface area contributed by atoms with Crippen LogP contribution < -0.4 is 9.46 Å². The number of nitrogens with zero attached hydrogens (tertiary/aromatic N) is 1. The van der Waals surface area contributed by atoms with E-state index in [1.165, 1.54) is 0 Å². The van der Waals surface area contributed by atoms with Gasteiger partial charge in [0, 0.05) is 31.6 Å². The Balaban J connectivity index is 1.83. The van der Waals surface area contributed by atoms with Crippen LogP contribution in [0.15, 0.2) is 24.3 Å². The van der Waals surface area contributed by atoms with Gasteiger partial charge in [0.1, 0.15) is 17.5 Å². The van der Waals surface area contributed by atoms with Gasteiger partial charge in [-0.25, -0.2) is 13.2 Å². The summed E-state index contributed by atoms with van der Waals surface area (Å²) in [5, 5.41) is 0. The van der Waals surface area contributed by atoms with Gasteiger partial charge in [-0.3, -0.25) is 4.72 Å². The minimum atomic E-state index is -3.28. The SMILES string of the molecule is CCS(=O)(=O)Nc1ccc(OC2CCN(C(=O)OC(C)(C)C)CC2)cc1. The molecule has 1 N–H and O–H groups in total. The number of amides is 1. The fraction of sp³-hybridized carbons (Fsp3) is 0.611. The highest BCUT2D eigenvalue weighted by atomic mass is 32.2. The van der Waals surface area contributed by atoms with E-state index in [-0.39, 0.29) is 18.0 Å². The maximum absolute atomic E-state index is 12.1. The lowest BCUT2D eigenvalue weighted by Gasteiger charge is -2.33. The average molecular weight is 384 g/mol. The first-order chi connectivity index (χ1) is 12.1. The van der Waals surface area contributed by atoms with Crippen molar-refractivity contribution in [2.75, 3.05) is 23.6 Å².